The number of H-pyrrole nitrogens is 1. The molecule has 1 amide bonds. The molecule has 2 heterocycles. The van der Waals surface area contributed by atoms with E-state index in [0.29, 0.717) is 11.3 Å². The molecule has 2 N–H and O–H groups in total. The molecule has 108 valence electrons. The van der Waals surface area contributed by atoms with Crippen molar-refractivity contribution in [3.05, 3.63) is 33.2 Å². The third-order valence-electron chi connectivity index (χ3n) is 3.21. The Morgan fingerprint density at radius 1 is 1.45 bits per heavy atom. The van der Waals surface area contributed by atoms with Crippen molar-refractivity contribution in [3.63, 3.8) is 0 Å². The van der Waals surface area contributed by atoms with Crippen LogP contribution in [-0.2, 0) is 9.53 Å². The van der Waals surface area contributed by atoms with E-state index in [-0.39, 0.29) is 25.3 Å². The monoisotopic (exact) mass is 280 g/mol. The number of carboxylic acid groups (broad SMARTS) is 1. The molecular weight excluding hydrogens is 264 g/mol. The lowest BCUT2D eigenvalue weighted by Gasteiger charge is -2.31. The molecule has 7 nitrogen and oxygen atoms in total. The molecule has 0 spiro atoms. The van der Waals surface area contributed by atoms with Crippen LogP contribution >= 0.6 is 0 Å². The zero-order valence-electron chi connectivity index (χ0n) is 11.3. The van der Waals surface area contributed by atoms with E-state index in [2.05, 4.69) is 4.98 Å². The first-order valence-electron chi connectivity index (χ1n) is 6.24. The summed E-state index contributed by atoms with van der Waals surface area (Å²) in [6.45, 7) is 3.78. The molecule has 0 aromatic carbocycles. The Morgan fingerprint density at radius 3 is 2.75 bits per heavy atom. The van der Waals surface area contributed by atoms with Crippen molar-refractivity contribution >= 4 is 11.9 Å². The largest absolute Gasteiger partial charge is 0.479 e. The number of pyridine rings is 1. The summed E-state index contributed by atoms with van der Waals surface area (Å²) in [4.78, 5) is 39.1. The zero-order chi connectivity index (χ0) is 14.9. The van der Waals surface area contributed by atoms with Gasteiger partial charge < -0.3 is 19.7 Å². The maximum absolute atomic E-state index is 12.4. The van der Waals surface area contributed by atoms with Gasteiger partial charge in [0.25, 0.3) is 11.5 Å². The van der Waals surface area contributed by atoms with Gasteiger partial charge >= 0.3 is 5.97 Å². The van der Waals surface area contributed by atoms with E-state index in [9.17, 15) is 14.4 Å². The maximum atomic E-state index is 12.4. The highest BCUT2D eigenvalue weighted by Crippen LogP contribution is 2.12. The quantitative estimate of drug-likeness (QED) is 0.789. The highest BCUT2D eigenvalue weighted by molar-refractivity contribution is 5.95. The Balaban J connectivity index is 2.28. The second-order valence-electron chi connectivity index (χ2n) is 4.79. The maximum Gasteiger partial charge on any atom is 0.334 e. The molecule has 7 heteroatoms. The number of carboxylic acids is 1. The van der Waals surface area contributed by atoms with Gasteiger partial charge in [-0.25, -0.2) is 4.79 Å². The molecule has 1 aromatic heterocycles. The number of hydrogen-bond acceptors (Lipinski definition) is 4. The predicted octanol–water partition coefficient (Wildman–Crippen LogP) is -0.0827. The lowest BCUT2D eigenvalue weighted by molar-refractivity contribution is -0.154. The zero-order valence-corrected chi connectivity index (χ0v) is 11.3. The molecule has 1 fully saturated rings. The smallest absolute Gasteiger partial charge is 0.334 e. The van der Waals surface area contributed by atoms with Gasteiger partial charge in [-0.2, -0.15) is 0 Å². The number of aliphatic carboxylic acids is 1. The van der Waals surface area contributed by atoms with Crippen LogP contribution in [0.3, 0.4) is 0 Å². The lowest BCUT2D eigenvalue weighted by atomic mass is 10.1. The van der Waals surface area contributed by atoms with Crippen LogP contribution in [0, 0.1) is 13.8 Å². The van der Waals surface area contributed by atoms with E-state index in [1.807, 2.05) is 0 Å². The number of aromatic amines is 1. The SMILES string of the molecule is Cc1cc(C)c(C(=O)N2CCOC(C(=O)O)C2)c(=O)[nH]1. The Labute approximate surface area is 115 Å². The number of carbonyl (C=O) groups is 2. The minimum absolute atomic E-state index is 0.0546. The highest BCUT2D eigenvalue weighted by atomic mass is 16.5. The third kappa shape index (κ3) is 2.72. The van der Waals surface area contributed by atoms with Crippen LogP contribution in [0.15, 0.2) is 10.9 Å². The first kappa shape index (κ1) is 14.3. The van der Waals surface area contributed by atoms with E-state index in [4.69, 9.17) is 9.84 Å². The van der Waals surface area contributed by atoms with Crippen LogP contribution in [-0.4, -0.2) is 52.7 Å². The average Bonchev–Trinajstić information content (AvgIpc) is 2.37. The second-order valence-corrected chi connectivity index (χ2v) is 4.79. The van der Waals surface area contributed by atoms with E-state index >= 15 is 0 Å². The Bertz CT molecular complexity index is 607. The van der Waals surface area contributed by atoms with Gasteiger partial charge in [0.15, 0.2) is 6.10 Å². The average molecular weight is 280 g/mol. The lowest BCUT2D eigenvalue weighted by Crippen LogP contribution is -2.49. The van der Waals surface area contributed by atoms with Gasteiger partial charge in [-0.05, 0) is 25.5 Å². The molecule has 0 aliphatic carbocycles. The number of nitrogens with zero attached hydrogens (tertiary/aromatic N) is 1. The number of nitrogens with one attached hydrogen (secondary N) is 1. The van der Waals surface area contributed by atoms with Crippen LogP contribution in [0.4, 0.5) is 0 Å². The number of hydrogen-bond donors (Lipinski definition) is 2. The normalized spacial score (nSPS) is 18.9. The van der Waals surface area contributed by atoms with Crippen LogP contribution in [0.5, 0.6) is 0 Å². The molecule has 0 saturated carbocycles. The minimum Gasteiger partial charge on any atom is -0.479 e. The molecule has 2 rings (SSSR count). The molecule has 0 bridgehead atoms. The van der Waals surface area contributed by atoms with Gasteiger partial charge in [-0.3, -0.25) is 9.59 Å². The van der Waals surface area contributed by atoms with Gasteiger partial charge in [-0.15, -0.1) is 0 Å². The molecule has 1 aliphatic rings. The van der Waals surface area contributed by atoms with E-state index in [1.54, 1.807) is 19.9 Å². The van der Waals surface area contributed by atoms with E-state index < -0.39 is 23.5 Å². The number of aromatic nitrogens is 1. The number of amides is 1. The van der Waals surface area contributed by atoms with Gasteiger partial charge in [0.05, 0.1) is 13.2 Å². The van der Waals surface area contributed by atoms with Gasteiger partial charge in [-0.1, -0.05) is 0 Å². The molecule has 0 radical (unpaired) electrons. The summed E-state index contributed by atoms with van der Waals surface area (Å²) in [5, 5.41) is 8.92. The molecule has 1 aromatic rings. The molecule has 20 heavy (non-hydrogen) atoms. The number of aryl methyl sites for hydroxylation is 2. The van der Waals surface area contributed by atoms with Crippen molar-refractivity contribution in [1.82, 2.24) is 9.88 Å². The van der Waals surface area contributed by atoms with Crippen molar-refractivity contribution in [2.45, 2.75) is 20.0 Å². The first-order chi connectivity index (χ1) is 9.40. The summed E-state index contributed by atoms with van der Waals surface area (Å²) in [6, 6.07) is 1.71. The van der Waals surface area contributed by atoms with Crippen molar-refractivity contribution in [2.75, 3.05) is 19.7 Å². The number of ether oxygens (including phenoxy) is 1. The second kappa shape index (κ2) is 5.46. The number of carbonyl (C=O) groups excluding carboxylic acids is 1. The van der Waals surface area contributed by atoms with Crippen molar-refractivity contribution in [3.8, 4) is 0 Å². The van der Waals surface area contributed by atoms with E-state index in [1.165, 1.54) is 4.90 Å². The summed E-state index contributed by atoms with van der Waals surface area (Å²) in [6.07, 6.45) is -1.04. The molecular formula is C13H16N2O5. The van der Waals surface area contributed by atoms with Crippen LogP contribution in [0.1, 0.15) is 21.6 Å². The Hall–Kier alpha value is -2.15. The molecule has 1 saturated heterocycles. The van der Waals surface area contributed by atoms with E-state index in [0.717, 1.165) is 0 Å². The minimum atomic E-state index is -1.11. The number of rotatable bonds is 2. The topological polar surface area (TPSA) is 99.7 Å². The van der Waals surface area contributed by atoms with Crippen LogP contribution in [0.2, 0.25) is 0 Å². The van der Waals surface area contributed by atoms with Crippen molar-refractivity contribution < 1.29 is 19.4 Å². The fourth-order valence-corrected chi connectivity index (χ4v) is 2.26. The van der Waals surface area contributed by atoms with Crippen molar-refractivity contribution in [1.29, 1.82) is 0 Å². The Kier molecular flexibility index (Phi) is 3.89. The summed E-state index contributed by atoms with van der Waals surface area (Å²) < 4.78 is 5.06. The summed E-state index contributed by atoms with van der Waals surface area (Å²) in [5.74, 6) is -1.57. The number of morpholine rings is 1. The molecule has 1 atom stereocenters. The molecule has 1 unspecified atom stereocenters. The summed E-state index contributed by atoms with van der Waals surface area (Å²) in [5.41, 5.74) is 0.858. The van der Waals surface area contributed by atoms with Crippen LogP contribution in [0.25, 0.3) is 0 Å². The third-order valence-corrected chi connectivity index (χ3v) is 3.21. The standard InChI is InChI=1S/C13H16N2O5/c1-7-5-8(2)14-11(16)10(7)12(17)15-3-4-20-9(6-15)13(18)19/h5,9H,3-4,6H2,1-2H3,(H,14,16)(H,18,19). The summed E-state index contributed by atoms with van der Waals surface area (Å²) >= 11 is 0. The Morgan fingerprint density at radius 2 is 2.15 bits per heavy atom. The van der Waals surface area contributed by atoms with Crippen molar-refractivity contribution in [2.24, 2.45) is 0 Å². The van der Waals surface area contributed by atoms with Crippen LogP contribution < -0.4 is 5.56 Å². The first-order valence-corrected chi connectivity index (χ1v) is 6.24. The fourth-order valence-electron chi connectivity index (χ4n) is 2.26. The predicted molar refractivity (Wildman–Crippen MR) is 69.8 cm³/mol. The van der Waals surface area contributed by atoms with Gasteiger partial charge in [0, 0.05) is 12.2 Å². The highest BCUT2D eigenvalue weighted by Gasteiger charge is 2.31. The fraction of sp³-hybridized carbons (Fsp3) is 0.462. The molecule has 1 aliphatic heterocycles. The summed E-state index contributed by atoms with van der Waals surface area (Å²) in [7, 11) is 0. The van der Waals surface area contributed by atoms with Gasteiger partial charge in [0.2, 0.25) is 0 Å². The van der Waals surface area contributed by atoms with Gasteiger partial charge in [0.1, 0.15) is 5.56 Å².